The number of benzene rings is 1. The normalized spacial score (nSPS) is 18.9. The molecule has 0 N–H and O–H groups in total. The number of ether oxygens (including phenoxy) is 1. The molecule has 20 heavy (non-hydrogen) atoms. The van der Waals surface area contributed by atoms with Crippen LogP contribution in [0.5, 0.6) is 5.75 Å². The molecule has 0 atom stereocenters. The van der Waals surface area contributed by atoms with E-state index in [1.165, 1.54) is 0 Å². The summed E-state index contributed by atoms with van der Waals surface area (Å²) in [6.07, 6.45) is 4.25. The highest BCUT2D eigenvalue weighted by atomic mass is 16.5. The molecule has 1 aliphatic heterocycles. The molecule has 4 nitrogen and oxygen atoms in total. The van der Waals surface area contributed by atoms with Gasteiger partial charge < -0.3 is 9.64 Å². The maximum absolute atomic E-state index is 12.4. The third-order valence-corrected chi connectivity index (χ3v) is 4.27. The zero-order chi connectivity index (χ0) is 14.1. The van der Waals surface area contributed by atoms with Crippen LogP contribution in [0.4, 0.5) is 0 Å². The van der Waals surface area contributed by atoms with Crippen molar-refractivity contribution in [2.45, 2.75) is 32.6 Å². The highest BCUT2D eigenvalue weighted by Gasteiger charge is 2.28. The smallest absolute Gasteiger partial charge is 0.260 e. The van der Waals surface area contributed by atoms with E-state index in [9.17, 15) is 9.59 Å². The monoisotopic (exact) mass is 273 g/mol. The molecule has 0 radical (unpaired) electrons. The minimum Gasteiger partial charge on any atom is -0.472 e. The molecule has 0 aromatic heterocycles. The second-order valence-corrected chi connectivity index (χ2v) is 5.49. The van der Waals surface area contributed by atoms with Gasteiger partial charge in [-0.05, 0) is 31.9 Å². The lowest BCUT2D eigenvalue weighted by molar-refractivity contribution is 0.0537. The van der Waals surface area contributed by atoms with Gasteiger partial charge in [-0.15, -0.1) is 0 Å². The zero-order valence-corrected chi connectivity index (χ0v) is 11.7. The first kappa shape index (κ1) is 13.2. The Morgan fingerprint density at radius 2 is 2.10 bits per heavy atom. The van der Waals surface area contributed by atoms with E-state index >= 15 is 0 Å². The van der Waals surface area contributed by atoms with Gasteiger partial charge in [-0.3, -0.25) is 9.59 Å². The molecule has 1 aliphatic carbocycles. The van der Waals surface area contributed by atoms with E-state index < -0.39 is 0 Å². The lowest BCUT2D eigenvalue weighted by atomic mass is 9.95. The SMILES string of the molecule is CCN1COc2cc(C(=O)C3CCCC3)ccc2C1=O. The number of nitrogens with zero attached hydrogens (tertiary/aromatic N) is 1. The molecular formula is C16H19NO3. The van der Waals surface area contributed by atoms with E-state index in [0.717, 1.165) is 25.7 Å². The van der Waals surface area contributed by atoms with E-state index in [4.69, 9.17) is 4.74 Å². The van der Waals surface area contributed by atoms with Crippen LogP contribution in [0.25, 0.3) is 0 Å². The van der Waals surface area contributed by atoms with Crippen LogP contribution in [0, 0.1) is 5.92 Å². The van der Waals surface area contributed by atoms with Gasteiger partial charge >= 0.3 is 0 Å². The van der Waals surface area contributed by atoms with Gasteiger partial charge in [-0.1, -0.05) is 18.9 Å². The summed E-state index contributed by atoms with van der Waals surface area (Å²) in [6, 6.07) is 5.22. The molecule has 4 heteroatoms. The topological polar surface area (TPSA) is 46.6 Å². The maximum Gasteiger partial charge on any atom is 0.260 e. The predicted octanol–water partition coefficient (Wildman–Crippen LogP) is 2.87. The van der Waals surface area contributed by atoms with E-state index in [2.05, 4.69) is 0 Å². The number of hydrogen-bond acceptors (Lipinski definition) is 3. The molecule has 106 valence electrons. The van der Waals surface area contributed by atoms with Crippen molar-refractivity contribution in [1.29, 1.82) is 0 Å². The van der Waals surface area contributed by atoms with Crippen molar-refractivity contribution in [2.75, 3.05) is 13.3 Å². The fourth-order valence-electron chi connectivity index (χ4n) is 3.01. The summed E-state index contributed by atoms with van der Waals surface area (Å²) in [6.45, 7) is 2.81. The van der Waals surface area contributed by atoms with Gasteiger partial charge in [0.25, 0.3) is 5.91 Å². The van der Waals surface area contributed by atoms with Crippen LogP contribution in [0.15, 0.2) is 18.2 Å². The summed E-state index contributed by atoms with van der Waals surface area (Å²) in [5, 5.41) is 0. The number of amides is 1. The van der Waals surface area contributed by atoms with E-state index in [1.54, 1.807) is 23.1 Å². The van der Waals surface area contributed by atoms with Crippen molar-refractivity contribution in [2.24, 2.45) is 5.92 Å². The van der Waals surface area contributed by atoms with Crippen LogP contribution >= 0.6 is 0 Å². The van der Waals surface area contributed by atoms with Crippen LogP contribution in [-0.4, -0.2) is 29.9 Å². The Hall–Kier alpha value is -1.84. The Bertz CT molecular complexity index is 547. The van der Waals surface area contributed by atoms with E-state index in [0.29, 0.717) is 23.4 Å². The number of Topliss-reactive ketones (excluding diaryl/α,β-unsaturated/α-hetero) is 1. The summed E-state index contributed by atoms with van der Waals surface area (Å²) in [7, 11) is 0. The van der Waals surface area contributed by atoms with E-state index in [-0.39, 0.29) is 24.3 Å². The lowest BCUT2D eigenvalue weighted by Gasteiger charge is -2.28. The average molecular weight is 273 g/mol. The quantitative estimate of drug-likeness (QED) is 0.796. The third kappa shape index (κ3) is 2.19. The number of carbonyl (C=O) groups excluding carboxylic acids is 2. The van der Waals surface area contributed by atoms with Crippen molar-refractivity contribution < 1.29 is 14.3 Å². The fourth-order valence-corrected chi connectivity index (χ4v) is 3.01. The highest BCUT2D eigenvalue weighted by molar-refractivity contribution is 6.02. The fraction of sp³-hybridized carbons (Fsp3) is 0.500. The molecule has 1 aromatic carbocycles. The molecule has 1 amide bonds. The van der Waals surface area contributed by atoms with Crippen molar-refractivity contribution in [1.82, 2.24) is 4.90 Å². The number of carbonyl (C=O) groups is 2. The molecule has 1 heterocycles. The van der Waals surface area contributed by atoms with Crippen molar-refractivity contribution in [3.05, 3.63) is 29.3 Å². The molecule has 0 saturated heterocycles. The van der Waals surface area contributed by atoms with Crippen LogP contribution in [0.3, 0.4) is 0 Å². The van der Waals surface area contributed by atoms with Crippen LogP contribution < -0.4 is 4.74 Å². The van der Waals surface area contributed by atoms with Crippen LogP contribution in [0.1, 0.15) is 53.3 Å². The van der Waals surface area contributed by atoms with Gasteiger partial charge in [-0.2, -0.15) is 0 Å². The zero-order valence-electron chi connectivity index (χ0n) is 11.7. The standard InChI is InChI=1S/C16H19NO3/c1-2-17-10-20-14-9-12(7-8-13(14)16(17)19)15(18)11-5-3-4-6-11/h7-9,11H,2-6,10H2,1H3. The van der Waals surface area contributed by atoms with Crippen LogP contribution in [-0.2, 0) is 0 Å². The molecule has 2 aliphatic rings. The number of rotatable bonds is 3. The van der Waals surface area contributed by atoms with Crippen molar-refractivity contribution >= 4 is 11.7 Å². The molecular weight excluding hydrogens is 254 g/mol. The Morgan fingerprint density at radius 3 is 2.80 bits per heavy atom. The second-order valence-electron chi connectivity index (χ2n) is 5.49. The third-order valence-electron chi connectivity index (χ3n) is 4.27. The summed E-state index contributed by atoms with van der Waals surface area (Å²) < 4.78 is 5.60. The van der Waals surface area contributed by atoms with Crippen LogP contribution in [0.2, 0.25) is 0 Å². The maximum atomic E-state index is 12.4. The van der Waals surface area contributed by atoms with Crippen molar-refractivity contribution in [3.63, 3.8) is 0 Å². The lowest BCUT2D eigenvalue weighted by Crippen LogP contribution is -2.38. The van der Waals surface area contributed by atoms with Gasteiger partial charge in [0.1, 0.15) is 5.75 Å². The molecule has 0 spiro atoms. The predicted molar refractivity (Wildman–Crippen MR) is 74.9 cm³/mol. The van der Waals surface area contributed by atoms with Gasteiger partial charge in [0.15, 0.2) is 12.5 Å². The second kappa shape index (κ2) is 5.27. The summed E-state index contributed by atoms with van der Waals surface area (Å²) >= 11 is 0. The minimum atomic E-state index is -0.0198. The van der Waals surface area contributed by atoms with Gasteiger partial charge in [-0.25, -0.2) is 0 Å². The summed E-state index contributed by atoms with van der Waals surface area (Å²) in [4.78, 5) is 26.2. The highest BCUT2D eigenvalue weighted by Crippen LogP contribution is 2.31. The number of hydrogen-bond donors (Lipinski definition) is 0. The summed E-state index contributed by atoms with van der Waals surface area (Å²) in [5.74, 6) is 0.871. The molecule has 0 unspecified atom stereocenters. The summed E-state index contributed by atoms with van der Waals surface area (Å²) in [5.41, 5.74) is 1.23. The molecule has 1 aromatic rings. The van der Waals surface area contributed by atoms with E-state index in [1.807, 2.05) is 6.92 Å². The average Bonchev–Trinajstić information content (AvgIpc) is 3.01. The number of ketones is 1. The molecule has 0 bridgehead atoms. The molecule has 3 rings (SSSR count). The first-order chi connectivity index (χ1) is 9.70. The Morgan fingerprint density at radius 1 is 1.35 bits per heavy atom. The Kier molecular flexibility index (Phi) is 3.47. The molecule has 1 fully saturated rings. The minimum absolute atomic E-state index is 0.0198. The Labute approximate surface area is 118 Å². The first-order valence-corrected chi connectivity index (χ1v) is 7.31. The largest absolute Gasteiger partial charge is 0.472 e. The van der Waals surface area contributed by atoms with Gasteiger partial charge in [0, 0.05) is 18.0 Å². The van der Waals surface area contributed by atoms with Crippen molar-refractivity contribution in [3.8, 4) is 5.75 Å². The van der Waals surface area contributed by atoms with Gasteiger partial charge in [0.05, 0.1) is 5.56 Å². The first-order valence-electron chi connectivity index (χ1n) is 7.31. The molecule has 1 saturated carbocycles. The van der Waals surface area contributed by atoms with Gasteiger partial charge in [0.2, 0.25) is 0 Å². The Balaban J connectivity index is 1.86. The number of fused-ring (bicyclic) bond motifs is 1.